The van der Waals surface area contributed by atoms with Crippen molar-refractivity contribution in [1.82, 2.24) is 10.1 Å². The summed E-state index contributed by atoms with van der Waals surface area (Å²) >= 11 is 0. The van der Waals surface area contributed by atoms with Crippen molar-refractivity contribution in [2.75, 3.05) is 6.61 Å². The van der Waals surface area contributed by atoms with Crippen LogP contribution in [0.4, 0.5) is 0 Å². The van der Waals surface area contributed by atoms with Crippen LogP contribution in [-0.4, -0.2) is 16.7 Å². The van der Waals surface area contributed by atoms with Gasteiger partial charge in [-0.05, 0) is 37.8 Å². The molecule has 0 aliphatic heterocycles. The van der Waals surface area contributed by atoms with E-state index in [1.54, 1.807) is 0 Å². The number of para-hydroxylation sites is 1. The van der Waals surface area contributed by atoms with E-state index in [0.717, 1.165) is 24.2 Å². The molecule has 3 rings (SSSR count). The van der Waals surface area contributed by atoms with Crippen molar-refractivity contribution in [1.29, 1.82) is 0 Å². The van der Waals surface area contributed by atoms with E-state index in [1.807, 2.05) is 31.2 Å². The summed E-state index contributed by atoms with van der Waals surface area (Å²) in [5.74, 6) is 2.31. The average molecular weight is 259 g/mol. The Morgan fingerprint density at radius 3 is 2.95 bits per heavy atom. The Kier molecular flexibility index (Phi) is 3.21. The fourth-order valence-electron chi connectivity index (χ4n) is 2.07. The lowest BCUT2D eigenvalue weighted by molar-refractivity contribution is 0.338. The number of ether oxygens (including phenoxy) is 1. The van der Waals surface area contributed by atoms with E-state index >= 15 is 0 Å². The van der Waals surface area contributed by atoms with Gasteiger partial charge in [0.1, 0.15) is 5.75 Å². The van der Waals surface area contributed by atoms with Crippen LogP contribution in [0, 0.1) is 5.92 Å². The van der Waals surface area contributed by atoms with Crippen LogP contribution >= 0.6 is 0 Å². The summed E-state index contributed by atoms with van der Waals surface area (Å²) < 4.78 is 10.8. The van der Waals surface area contributed by atoms with Crippen molar-refractivity contribution in [3.8, 4) is 17.1 Å². The molecule has 0 radical (unpaired) electrons. The van der Waals surface area contributed by atoms with E-state index in [-0.39, 0.29) is 6.04 Å². The topological polar surface area (TPSA) is 74.2 Å². The molecule has 100 valence electrons. The first-order valence-corrected chi connectivity index (χ1v) is 6.61. The Hall–Kier alpha value is -1.88. The molecule has 1 saturated carbocycles. The number of hydrogen-bond donors (Lipinski definition) is 1. The van der Waals surface area contributed by atoms with Crippen molar-refractivity contribution < 1.29 is 9.26 Å². The van der Waals surface area contributed by atoms with Crippen LogP contribution in [-0.2, 0) is 0 Å². The van der Waals surface area contributed by atoms with Gasteiger partial charge in [0.05, 0.1) is 18.2 Å². The minimum atomic E-state index is -0.138. The highest BCUT2D eigenvalue weighted by atomic mass is 16.5. The SMILES string of the molecule is CCOc1ccccc1-c1noc(C(N)C2CC2)n1. The molecule has 19 heavy (non-hydrogen) atoms. The Morgan fingerprint density at radius 1 is 1.42 bits per heavy atom. The predicted octanol–water partition coefficient (Wildman–Crippen LogP) is 2.55. The normalized spacial score (nSPS) is 16.3. The molecule has 1 heterocycles. The third-order valence-electron chi connectivity index (χ3n) is 3.28. The summed E-state index contributed by atoms with van der Waals surface area (Å²) in [4.78, 5) is 4.40. The molecule has 0 spiro atoms. The highest BCUT2D eigenvalue weighted by molar-refractivity contribution is 5.63. The summed E-state index contributed by atoms with van der Waals surface area (Å²) in [5.41, 5.74) is 6.90. The van der Waals surface area contributed by atoms with Crippen LogP contribution in [0.3, 0.4) is 0 Å². The molecule has 1 atom stereocenters. The fraction of sp³-hybridized carbons (Fsp3) is 0.429. The first-order valence-electron chi connectivity index (χ1n) is 6.61. The first-order chi connectivity index (χ1) is 9.29. The quantitative estimate of drug-likeness (QED) is 0.893. The molecule has 1 aromatic heterocycles. The zero-order valence-electron chi connectivity index (χ0n) is 10.9. The maximum atomic E-state index is 6.06. The summed E-state index contributed by atoms with van der Waals surface area (Å²) in [6.45, 7) is 2.55. The first kappa shape index (κ1) is 12.2. The molecule has 5 nitrogen and oxygen atoms in total. The van der Waals surface area contributed by atoms with E-state index in [9.17, 15) is 0 Å². The smallest absolute Gasteiger partial charge is 0.244 e. The van der Waals surface area contributed by atoms with E-state index in [1.165, 1.54) is 0 Å². The molecule has 5 heteroatoms. The van der Waals surface area contributed by atoms with Crippen LogP contribution in [0.2, 0.25) is 0 Å². The average Bonchev–Trinajstić information content (AvgIpc) is 3.17. The van der Waals surface area contributed by atoms with Crippen molar-refractivity contribution in [3.05, 3.63) is 30.2 Å². The summed E-state index contributed by atoms with van der Waals surface area (Å²) in [5, 5.41) is 4.01. The van der Waals surface area contributed by atoms with Crippen LogP contribution in [0.1, 0.15) is 31.7 Å². The third-order valence-corrected chi connectivity index (χ3v) is 3.28. The van der Waals surface area contributed by atoms with Gasteiger partial charge in [-0.2, -0.15) is 4.98 Å². The molecule has 1 fully saturated rings. The Morgan fingerprint density at radius 2 is 2.21 bits per heavy atom. The van der Waals surface area contributed by atoms with E-state index in [0.29, 0.717) is 24.2 Å². The van der Waals surface area contributed by atoms with Gasteiger partial charge in [0.25, 0.3) is 0 Å². The maximum Gasteiger partial charge on any atom is 0.244 e. The molecule has 1 aliphatic rings. The summed E-state index contributed by atoms with van der Waals surface area (Å²) in [6.07, 6.45) is 2.29. The monoisotopic (exact) mass is 259 g/mol. The minimum Gasteiger partial charge on any atom is -0.493 e. The molecule has 2 N–H and O–H groups in total. The number of nitrogens with zero attached hydrogens (tertiary/aromatic N) is 2. The van der Waals surface area contributed by atoms with Crippen LogP contribution < -0.4 is 10.5 Å². The van der Waals surface area contributed by atoms with Crippen molar-refractivity contribution in [2.45, 2.75) is 25.8 Å². The van der Waals surface area contributed by atoms with Crippen molar-refractivity contribution in [3.63, 3.8) is 0 Å². The Balaban J connectivity index is 1.89. The van der Waals surface area contributed by atoms with Gasteiger partial charge in [-0.25, -0.2) is 0 Å². The lowest BCUT2D eigenvalue weighted by Gasteiger charge is -2.06. The second-order valence-corrected chi connectivity index (χ2v) is 4.75. The van der Waals surface area contributed by atoms with Gasteiger partial charge in [-0.3, -0.25) is 0 Å². The minimum absolute atomic E-state index is 0.138. The molecule has 0 saturated heterocycles. The zero-order chi connectivity index (χ0) is 13.2. The number of hydrogen-bond acceptors (Lipinski definition) is 5. The highest BCUT2D eigenvalue weighted by Crippen LogP contribution is 2.39. The molecule has 1 unspecified atom stereocenters. The van der Waals surface area contributed by atoms with Crippen LogP contribution in [0.25, 0.3) is 11.4 Å². The van der Waals surface area contributed by atoms with Gasteiger partial charge in [-0.1, -0.05) is 17.3 Å². The molecular formula is C14H17N3O2. The molecule has 0 amide bonds. The van der Waals surface area contributed by atoms with E-state index in [4.69, 9.17) is 15.0 Å². The van der Waals surface area contributed by atoms with Crippen LogP contribution in [0.5, 0.6) is 5.75 Å². The highest BCUT2D eigenvalue weighted by Gasteiger charge is 2.33. The number of nitrogens with two attached hydrogens (primary N) is 1. The standard InChI is InChI=1S/C14H17N3O2/c1-2-18-11-6-4-3-5-10(11)13-16-14(19-17-13)12(15)9-7-8-9/h3-6,9,12H,2,7-8,15H2,1H3. The van der Waals surface area contributed by atoms with Gasteiger partial charge < -0.3 is 15.0 Å². The lowest BCUT2D eigenvalue weighted by Crippen LogP contribution is -2.12. The number of rotatable bonds is 5. The second-order valence-electron chi connectivity index (χ2n) is 4.75. The predicted molar refractivity (Wildman–Crippen MR) is 70.6 cm³/mol. The summed E-state index contributed by atoms with van der Waals surface area (Å²) in [6, 6.07) is 7.53. The maximum absolute atomic E-state index is 6.06. The lowest BCUT2D eigenvalue weighted by atomic mass is 10.2. The third kappa shape index (κ3) is 2.46. The Bertz CT molecular complexity index is 563. The number of benzene rings is 1. The molecule has 1 aliphatic carbocycles. The van der Waals surface area contributed by atoms with Gasteiger partial charge in [0.15, 0.2) is 0 Å². The second kappa shape index (κ2) is 5.01. The number of aromatic nitrogens is 2. The Labute approximate surface area is 111 Å². The van der Waals surface area contributed by atoms with Crippen molar-refractivity contribution >= 4 is 0 Å². The molecule has 2 aromatic rings. The van der Waals surface area contributed by atoms with E-state index in [2.05, 4.69) is 10.1 Å². The summed E-state index contributed by atoms with van der Waals surface area (Å²) in [7, 11) is 0. The molecule has 0 bridgehead atoms. The van der Waals surface area contributed by atoms with E-state index < -0.39 is 0 Å². The largest absolute Gasteiger partial charge is 0.493 e. The molecule has 1 aromatic carbocycles. The fourth-order valence-corrected chi connectivity index (χ4v) is 2.07. The van der Waals surface area contributed by atoms with Gasteiger partial charge in [0, 0.05) is 0 Å². The van der Waals surface area contributed by atoms with Gasteiger partial charge >= 0.3 is 0 Å². The van der Waals surface area contributed by atoms with Crippen LogP contribution in [0.15, 0.2) is 28.8 Å². The van der Waals surface area contributed by atoms with Gasteiger partial charge in [0.2, 0.25) is 11.7 Å². The molecular weight excluding hydrogens is 242 g/mol. The zero-order valence-corrected chi connectivity index (χ0v) is 10.9. The van der Waals surface area contributed by atoms with Gasteiger partial charge in [-0.15, -0.1) is 0 Å². The van der Waals surface area contributed by atoms with Crippen molar-refractivity contribution in [2.24, 2.45) is 11.7 Å².